The van der Waals surface area contributed by atoms with E-state index in [2.05, 4.69) is 26.9 Å². The highest BCUT2D eigenvalue weighted by atomic mass is 19.4. The van der Waals surface area contributed by atoms with E-state index < -0.39 is 6.36 Å². The van der Waals surface area contributed by atoms with Crippen LogP contribution < -0.4 is 10.1 Å². The summed E-state index contributed by atoms with van der Waals surface area (Å²) < 4.78 is 57.9. The van der Waals surface area contributed by atoms with E-state index in [-0.39, 0.29) is 24.1 Å². The highest BCUT2D eigenvalue weighted by molar-refractivity contribution is 5.80. The monoisotopic (exact) mass is 507 g/mol. The third-order valence-electron chi connectivity index (χ3n) is 5.75. The fourth-order valence-corrected chi connectivity index (χ4v) is 3.98. The number of ether oxygens (including phenoxy) is 1. The maximum Gasteiger partial charge on any atom is 0.573 e. The van der Waals surface area contributed by atoms with E-state index >= 15 is 0 Å². The number of pyridine rings is 1. The van der Waals surface area contributed by atoms with Crippen LogP contribution in [0.3, 0.4) is 0 Å². The minimum absolute atomic E-state index is 0.00748. The minimum atomic E-state index is -4.80. The molecule has 0 aliphatic carbocycles. The smallest absolute Gasteiger partial charge is 0.405 e. The number of alkyl halides is 3. The Hall–Kier alpha value is -4.47. The number of fused-ring (bicyclic) bond motifs is 1. The maximum absolute atomic E-state index is 13.6. The number of anilines is 1. The van der Waals surface area contributed by atoms with Crippen molar-refractivity contribution in [1.82, 2.24) is 19.4 Å². The van der Waals surface area contributed by atoms with Crippen LogP contribution in [0.5, 0.6) is 5.75 Å². The molecule has 3 aromatic heterocycles. The van der Waals surface area contributed by atoms with Crippen LogP contribution in [0.1, 0.15) is 18.1 Å². The number of rotatable bonds is 7. The van der Waals surface area contributed by atoms with Crippen molar-refractivity contribution in [2.45, 2.75) is 26.3 Å². The lowest BCUT2D eigenvalue weighted by Gasteiger charge is -2.14. The Labute approximate surface area is 209 Å². The predicted octanol–water partition coefficient (Wildman–Crippen LogP) is 6.67. The van der Waals surface area contributed by atoms with E-state index in [1.165, 1.54) is 30.3 Å². The van der Waals surface area contributed by atoms with Gasteiger partial charge in [0.1, 0.15) is 17.2 Å². The molecule has 0 unspecified atom stereocenters. The molecule has 0 amide bonds. The van der Waals surface area contributed by atoms with Gasteiger partial charge in [0.15, 0.2) is 0 Å². The molecule has 0 fully saturated rings. The SMILES string of the molecule is CCc1ccn2c(-c3ccnc(NCc4ccccc4OC(F)(F)F)n3)c(-c3ccc(F)cc3)nc2c1. The van der Waals surface area contributed by atoms with Gasteiger partial charge in [-0.2, -0.15) is 0 Å². The molecule has 2 aromatic carbocycles. The second kappa shape index (κ2) is 9.88. The molecule has 5 aromatic rings. The Bertz CT molecular complexity index is 1550. The van der Waals surface area contributed by atoms with Crippen molar-refractivity contribution in [2.24, 2.45) is 0 Å². The number of hydrogen-bond donors (Lipinski definition) is 1. The molecule has 0 saturated heterocycles. The Balaban J connectivity index is 1.52. The molecule has 3 heterocycles. The van der Waals surface area contributed by atoms with Crippen LogP contribution in [-0.2, 0) is 13.0 Å². The van der Waals surface area contributed by atoms with Gasteiger partial charge in [-0.25, -0.2) is 19.3 Å². The van der Waals surface area contributed by atoms with Crippen molar-refractivity contribution >= 4 is 11.6 Å². The molecular weight excluding hydrogens is 486 g/mol. The predicted molar refractivity (Wildman–Crippen MR) is 131 cm³/mol. The summed E-state index contributed by atoms with van der Waals surface area (Å²) in [5.41, 5.74) is 4.65. The summed E-state index contributed by atoms with van der Waals surface area (Å²) in [5.74, 6) is -0.444. The maximum atomic E-state index is 13.6. The van der Waals surface area contributed by atoms with Crippen LogP contribution in [0.4, 0.5) is 23.5 Å². The van der Waals surface area contributed by atoms with Crippen LogP contribution in [-0.4, -0.2) is 25.7 Å². The van der Waals surface area contributed by atoms with Crippen LogP contribution >= 0.6 is 0 Å². The van der Waals surface area contributed by atoms with E-state index in [0.29, 0.717) is 33.9 Å². The van der Waals surface area contributed by atoms with E-state index in [9.17, 15) is 17.6 Å². The number of nitrogens with one attached hydrogen (secondary N) is 1. The lowest BCUT2D eigenvalue weighted by molar-refractivity contribution is -0.274. The van der Waals surface area contributed by atoms with Crippen molar-refractivity contribution in [2.75, 3.05) is 5.32 Å². The van der Waals surface area contributed by atoms with Gasteiger partial charge in [-0.3, -0.25) is 4.40 Å². The van der Waals surface area contributed by atoms with Gasteiger partial charge in [0, 0.05) is 30.1 Å². The molecule has 188 valence electrons. The van der Waals surface area contributed by atoms with Crippen molar-refractivity contribution in [3.63, 3.8) is 0 Å². The molecule has 0 spiro atoms. The second-order valence-electron chi connectivity index (χ2n) is 8.21. The van der Waals surface area contributed by atoms with Crippen LogP contribution in [0.2, 0.25) is 0 Å². The lowest BCUT2D eigenvalue weighted by atomic mass is 10.1. The molecule has 37 heavy (non-hydrogen) atoms. The number of aryl methyl sites for hydroxylation is 1. The highest BCUT2D eigenvalue weighted by Gasteiger charge is 2.32. The van der Waals surface area contributed by atoms with Crippen molar-refractivity contribution < 1.29 is 22.3 Å². The Morgan fingerprint density at radius 2 is 1.76 bits per heavy atom. The van der Waals surface area contributed by atoms with E-state index in [4.69, 9.17) is 4.98 Å². The number of halogens is 4. The Kier molecular flexibility index (Phi) is 6.47. The molecule has 5 rings (SSSR count). The number of para-hydroxylation sites is 1. The largest absolute Gasteiger partial charge is 0.573 e. The Morgan fingerprint density at radius 1 is 0.973 bits per heavy atom. The number of nitrogens with zero attached hydrogens (tertiary/aromatic N) is 4. The van der Waals surface area contributed by atoms with Crippen LogP contribution in [0.15, 0.2) is 79.1 Å². The van der Waals surface area contributed by atoms with E-state index in [0.717, 1.165) is 12.0 Å². The van der Waals surface area contributed by atoms with Gasteiger partial charge in [-0.05, 0) is 60.5 Å². The first kappa shape index (κ1) is 24.2. The van der Waals surface area contributed by atoms with Gasteiger partial charge in [-0.1, -0.05) is 25.1 Å². The van der Waals surface area contributed by atoms with Crippen LogP contribution in [0.25, 0.3) is 28.3 Å². The van der Waals surface area contributed by atoms with Crippen LogP contribution in [0, 0.1) is 5.82 Å². The number of imidazole rings is 1. The number of hydrogen-bond acceptors (Lipinski definition) is 5. The van der Waals surface area contributed by atoms with E-state index in [1.54, 1.807) is 30.5 Å². The molecule has 1 N–H and O–H groups in total. The van der Waals surface area contributed by atoms with Gasteiger partial charge in [-0.15, -0.1) is 13.2 Å². The normalized spacial score (nSPS) is 11.6. The van der Waals surface area contributed by atoms with Gasteiger partial charge in [0.2, 0.25) is 5.95 Å². The highest BCUT2D eigenvalue weighted by Crippen LogP contribution is 2.33. The zero-order chi connectivity index (χ0) is 26.0. The molecule has 0 aliphatic rings. The van der Waals surface area contributed by atoms with Gasteiger partial charge in [0.25, 0.3) is 0 Å². The van der Waals surface area contributed by atoms with Crippen molar-refractivity contribution in [3.8, 4) is 28.4 Å². The number of aromatic nitrogens is 4. The summed E-state index contributed by atoms with van der Waals surface area (Å²) in [6.45, 7) is 2.06. The molecule has 0 aliphatic heterocycles. The molecule has 0 radical (unpaired) electrons. The molecule has 6 nitrogen and oxygen atoms in total. The van der Waals surface area contributed by atoms with E-state index in [1.807, 2.05) is 22.7 Å². The zero-order valence-electron chi connectivity index (χ0n) is 19.6. The zero-order valence-corrected chi connectivity index (χ0v) is 19.6. The van der Waals surface area contributed by atoms with Crippen molar-refractivity contribution in [1.29, 1.82) is 0 Å². The minimum Gasteiger partial charge on any atom is -0.405 e. The quantitative estimate of drug-likeness (QED) is 0.249. The second-order valence-corrected chi connectivity index (χ2v) is 8.21. The molecule has 0 saturated carbocycles. The van der Waals surface area contributed by atoms with Gasteiger partial charge >= 0.3 is 6.36 Å². The summed E-state index contributed by atoms with van der Waals surface area (Å²) in [4.78, 5) is 13.6. The summed E-state index contributed by atoms with van der Waals surface area (Å²) in [5, 5.41) is 2.97. The Morgan fingerprint density at radius 3 is 2.51 bits per heavy atom. The number of benzene rings is 2. The molecular formula is C27H21F4N5O. The summed E-state index contributed by atoms with van der Waals surface area (Å²) in [6, 6.07) is 17.6. The third-order valence-corrected chi connectivity index (χ3v) is 5.75. The molecule has 0 bridgehead atoms. The summed E-state index contributed by atoms with van der Waals surface area (Å²) in [6.07, 6.45) is -0.504. The first-order chi connectivity index (χ1) is 17.8. The van der Waals surface area contributed by atoms with Crippen molar-refractivity contribution in [3.05, 3.63) is 96.1 Å². The fraction of sp³-hybridized carbons (Fsp3) is 0.148. The molecule has 0 atom stereocenters. The summed E-state index contributed by atoms with van der Waals surface area (Å²) in [7, 11) is 0. The lowest BCUT2D eigenvalue weighted by Crippen LogP contribution is -2.18. The third kappa shape index (κ3) is 5.37. The molecule has 10 heteroatoms. The first-order valence-electron chi connectivity index (χ1n) is 11.5. The fourth-order valence-electron chi connectivity index (χ4n) is 3.98. The first-order valence-corrected chi connectivity index (χ1v) is 11.5. The summed E-state index contributed by atoms with van der Waals surface area (Å²) >= 11 is 0. The average Bonchev–Trinajstić information content (AvgIpc) is 3.26. The van der Waals surface area contributed by atoms with Gasteiger partial charge < -0.3 is 10.1 Å². The average molecular weight is 507 g/mol. The standard InChI is InChI=1S/C27H21F4N5O/c1-2-17-12-14-36-23(15-17)35-24(18-7-9-20(28)10-8-18)25(36)21-11-13-32-26(34-21)33-16-19-5-3-4-6-22(19)37-27(29,30)31/h3-15H,2,16H2,1H3,(H,32,33,34). The topological polar surface area (TPSA) is 64.3 Å². The van der Waals surface area contributed by atoms with Gasteiger partial charge in [0.05, 0.1) is 17.1 Å².